The number of benzene rings is 1. The molecule has 0 bridgehead atoms. The molecule has 1 aromatic carbocycles. The smallest absolute Gasteiger partial charge is 0.227 e. The van der Waals surface area contributed by atoms with Gasteiger partial charge in [-0.25, -0.2) is 4.68 Å². The molecular weight excluding hydrogens is 413 g/mol. The zero-order valence-corrected chi connectivity index (χ0v) is 18.2. The van der Waals surface area contributed by atoms with Crippen molar-refractivity contribution >= 4 is 29.1 Å². The predicted molar refractivity (Wildman–Crippen MR) is 112 cm³/mol. The van der Waals surface area contributed by atoms with Gasteiger partial charge in [-0.05, 0) is 44.9 Å². The van der Waals surface area contributed by atoms with Gasteiger partial charge in [0.25, 0.3) is 0 Å². The van der Waals surface area contributed by atoms with Gasteiger partial charge >= 0.3 is 0 Å². The summed E-state index contributed by atoms with van der Waals surface area (Å²) in [6.45, 7) is 6.71. The predicted octanol–water partition coefficient (Wildman–Crippen LogP) is 3.95. The fraction of sp³-hybridized carbons (Fsp3) is 0.524. The third-order valence-corrected chi connectivity index (χ3v) is 6.37. The lowest BCUT2D eigenvalue weighted by atomic mass is 9.95. The van der Waals surface area contributed by atoms with E-state index in [1.165, 1.54) is 0 Å². The van der Waals surface area contributed by atoms with Crippen molar-refractivity contribution in [1.29, 1.82) is 0 Å². The van der Waals surface area contributed by atoms with Gasteiger partial charge in [0.05, 0.1) is 36.0 Å². The SMILES string of the molecule is Cc1nn(-c2ccc(Cl)cc2Cl)c(C)c1CC(=O)N1CCC(C2OCCO2)CC1. The lowest BCUT2D eigenvalue weighted by Crippen LogP contribution is -2.42. The number of hydrogen-bond acceptors (Lipinski definition) is 4. The van der Waals surface area contributed by atoms with Crippen molar-refractivity contribution in [1.82, 2.24) is 14.7 Å². The molecule has 0 atom stereocenters. The zero-order chi connectivity index (χ0) is 20.5. The fourth-order valence-electron chi connectivity index (χ4n) is 4.15. The summed E-state index contributed by atoms with van der Waals surface area (Å²) >= 11 is 12.4. The minimum absolute atomic E-state index is 0.0981. The lowest BCUT2D eigenvalue weighted by molar-refractivity contribution is -0.136. The van der Waals surface area contributed by atoms with Crippen molar-refractivity contribution in [3.63, 3.8) is 0 Å². The van der Waals surface area contributed by atoms with Crippen molar-refractivity contribution in [3.05, 3.63) is 45.2 Å². The van der Waals surface area contributed by atoms with Gasteiger partial charge in [-0.15, -0.1) is 0 Å². The van der Waals surface area contributed by atoms with Crippen LogP contribution in [-0.4, -0.2) is 53.2 Å². The Balaban J connectivity index is 1.44. The molecule has 4 rings (SSSR count). The topological polar surface area (TPSA) is 56.6 Å². The first-order valence-electron chi connectivity index (χ1n) is 9.95. The Kier molecular flexibility index (Phi) is 6.16. The monoisotopic (exact) mass is 437 g/mol. The molecule has 2 aliphatic rings. The number of halogens is 2. The maximum Gasteiger partial charge on any atom is 0.227 e. The summed E-state index contributed by atoms with van der Waals surface area (Å²) in [5.74, 6) is 0.504. The second kappa shape index (κ2) is 8.64. The van der Waals surface area contributed by atoms with Crippen molar-refractivity contribution < 1.29 is 14.3 Å². The van der Waals surface area contributed by atoms with E-state index in [0.717, 1.165) is 48.6 Å². The summed E-state index contributed by atoms with van der Waals surface area (Å²) in [6, 6.07) is 5.32. The van der Waals surface area contributed by atoms with E-state index in [0.29, 0.717) is 35.6 Å². The van der Waals surface area contributed by atoms with Crippen molar-refractivity contribution in [2.24, 2.45) is 5.92 Å². The van der Waals surface area contributed by atoms with E-state index in [4.69, 9.17) is 32.7 Å². The quantitative estimate of drug-likeness (QED) is 0.726. The van der Waals surface area contributed by atoms with Crippen LogP contribution < -0.4 is 0 Å². The third kappa shape index (κ3) is 4.31. The van der Waals surface area contributed by atoms with Crippen LogP contribution in [0.25, 0.3) is 5.69 Å². The standard InChI is InChI=1S/C21H25Cl2N3O3/c1-13-17(14(2)26(24-13)19-4-3-16(22)11-18(19)23)12-20(27)25-7-5-15(6-8-25)21-28-9-10-29-21/h3-4,11,15,21H,5-10,12H2,1-2H3. The van der Waals surface area contributed by atoms with E-state index in [2.05, 4.69) is 5.10 Å². The van der Waals surface area contributed by atoms with E-state index in [1.54, 1.807) is 16.8 Å². The van der Waals surface area contributed by atoms with Gasteiger partial charge in [-0.2, -0.15) is 5.10 Å². The Bertz CT molecular complexity index is 901. The number of nitrogens with zero attached hydrogens (tertiary/aromatic N) is 3. The van der Waals surface area contributed by atoms with E-state index in [9.17, 15) is 4.79 Å². The minimum atomic E-state index is -0.0981. The first kappa shape index (κ1) is 20.7. The largest absolute Gasteiger partial charge is 0.350 e. The number of ether oxygens (including phenoxy) is 2. The maximum absolute atomic E-state index is 12.9. The maximum atomic E-state index is 12.9. The molecule has 3 heterocycles. The van der Waals surface area contributed by atoms with E-state index < -0.39 is 0 Å². The van der Waals surface area contributed by atoms with Gasteiger partial charge in [0.1, 0.15) is 0 Å². The Morgan fingerprint density at radius 1 is 1.17 bits per heavy atom. The van der Waals surface area contributed by atoms with Crippen LogP contribution in [0.15, 0.2) is 18.2 Å². The number of aromatic nitrogens is 2. The van der Waals surface area contributed by atoms with Crippen LogP contribution in [-0.2, 0) is 20.7 Å². The summed E-state index contributed by atoms with van der Waals surface area (Å²) in [6.07, 6.45) is 2.06. The molecule has 0 aliphatic carbocycles. The molecule has 2 fully saturated rings. The van der Waals surface area contributed by atoms with Crippen molar-refractivity contribution in [2.45, 2.75) is 39.4 Å². The number of piperidine rings is 1. The van der Waals surface area contributed by atoms with E-state index in [-0.39, 0.29) is 12.2 Å². The molecule has 1 aromatic heterocycles. The third-order valence-electron chi connectivity index (χ3n) is 5.83. The molecule has 0 unspecified atom stereocenters. The number of amides is 1. The molecule has 0 N–H and O–H groups in total. The second-order valence-corrected chi connectivity index (χ2v) is 8.51. The van der Waals surface area contributed by atoms with Gasteiger partial charge in [-0.1, -0.05) is 23.2 Å². The number of carbonyl (C=O) groups is 1. The number of aryl methyl sites for hydroxylation is 1. The molecule has 2 saturated heterocycles. The highest BCUT2D eigenvalue weighted by atomic mass is 35.5. The minimum Gasteiger partial charge on any atom is -0.350 e. The molecule has 29 heavy (non-hydrogen) atoms. The molecule has 6 nitrogen and oxygen atoms in total. The fourth-order valence-corrected chi connectivity index (χ4v) is 4.64. The van der Waals surface area contributed by atoms with Crippen LogP contribution in [0, 0.1) is 19.8 Å². The highest BCUT2D eigenvalue weighted by Crippen LogP contribution is 2.29. The Labute approximate surface area is 180 Å². The van der Waals surface area contributed by atoms with E-state index >= 15 is 0 Å². The molecule has 2 aromatic rings. The van der Waals surface area contributed by atoms with Crippen LogP contribution in [0.3, 0.4) is 0 Å². The normalized spacial score (nSPS) is 18.6. The number of rotatable bonds is 4. The van der Waals surface area contributed by atoms with Crippen molar-refractivity contribution in [2.75, 3.05) is 26.3 Å². The van der Waals surface area contributed by atoms with Crippen LogP contribution in [0.1, 0.15) is 29.8 Å². The van der Waals surface area contributed by atoms with Gasteiger partial charge < -0.3 is 14.4 Å². The Hall–Kier alpha value is -1.60. The summed E-state index contributed by atoms with van der Waals surface area (Å²) in [5.41, 5.74) is 3.46. The van der Waals surface area contributed by atoms with E-state index in [1.807, 2.05) is 24.8 Å². The molecule has 1 amide bonds. The average Bonchev–Trinajstić information content (AvgIpc) is 3.33. The Morgan fingerprint density at radius 2 is 1.86 bits per heavy atom. The number of likely N-dealkylation sites (tertiary alicyclic amines) is 1. The molecule has 8 heteroatoms. The summed E-state index contributed by atoms with van der Waals surface area (Å²) in [5, 5.41) is 5.72. The van der Waals surface area contributed by atoms with Crippen LogP contribution in [0.2, 0.25) is 10.0 Å². The van der Waals surface area contributed by atoms with Crippen LogP contribution in [0.4, 0.5) is 0 Å². The zero-order valence-electron chi connectivity index (χ0n) is 16.7. The first-order chi connectivity index (χ1) is 13.9. The molecule has 0 radical (unpaired) electrons. The first-order valence-corrected chi connectivity index (χ1v) is 10.7. The van der Waals surface area contributed by atoms with Gasteiger partial charge in [0.2, 0.25) is 5.91 Å². The molecular formula is C21H25Cl2N3O3. The molecule has 156 valence electrons. The highest BCUT2D eigenvalue weighted by Gasteiger charge is 2.32. The average molecular weight is 438 g/mol. The second-order valence-electron chi connectivity index (χ2n) is 7.66. The van der Waals surface area contributed by atoms with Gasteiger partial charge in [0.15, 0.2) is 6.29 Å². The molecule has 0 saturated carbocycles. The van der Waals surface area contributed by atoms with Gasteiger partial charge in [0, 0.05) is 35.3 Å². The lowest BCUT2D eigenvalue weighted by Gasteiger charge is -2.34. The molecule has 2 aliphatic heterocycles. The number of carbonyl (C=O) groups excluding carboxylic acids is 1. The highest BCUT2D eigenvalue weighted by molar-refractivity contribution is 6.35. The van der Waals surface area contributed by atoms with Crippen LogP contribution in [0.5, 0.6) is 0 Å². The van der Waals surface area contributed by atoms with Crippen molar-refractivity contribution in [3.8, 4) is 5.69 Å². The van der Waals surface area contributed by atoms with Crippen LogP contribution >= 0.6 is 23.2 Å². The summed E-state index contributed by atoms with van der Waals surface area (Å²) in [7, 11) is 0. The van der Waals surface area contributed by atoms with Gasteiger partial charge in [-0.3, -0.25) is 4.79 Å². The number of hydrogen-bond donors (Lipinski definition) is 0. The summed E-state index contributed by atoms with van der Waals surface area (Å²) < 4.78 is 13.0. The Morgan fingerprint density at radius 3 is 2.52 bits per heavy atom. The molecule has 0 spiro atoms. The summed E-state index contributed by atoms with van der Waals surface area (Å²) in [4.78, 5) is 14.9.